The first-order valence-electron chi connectivity index (χ1n) is 5.62. The molecule has 0 saturated heterocycles. The minimum Gasteiger partial charge on any atom is -0.396 e. The maximum absolute atomic E-state index is 8.56. The van der Waals surface area contributed by atoms with Crippen molar-refractivity contribution in [2.24, 2.45) is 5.92 Å². The molecular formula is C11H25NO. The van der Waals surface area contributed by atoms with E-state index in [0.29, 0.717) is 6.61 Å². The maximum Gasteiger partial charge on any atom is 0.0431 e. The SMILES string of the molecule is CCC(C)CNCCCCCCO. The van der Waals surface area contributed by atoms with Crippen LogP contribution in [0.15, 0.2) is 0 Å². The molecule has 0 bridgehead atoms. The highest BCUT2D eigenvalue weighted by atomic mass is 16.2. The third-order valence-corrected chi connectivity index (χ3v) is 2.45. The van der Waals surface area contributed by atoms with E-state index in [1.807, 2.05) is 0 Å². The number of rotatable bonds is 9. The van der Waals surface area contributed by atoms with Crippen LogP contribution in [0.4, 0.5) is 0 Å². The summed E-state index contributed by atoms with van der Waals surface area (Å²) in [7, 11) is 0. The van der Waals surface area contributed by atoms with Crippen molar-refractivity contribution in [1.82, 2.24) is 5.32 Å². The number of aliphatic hydroxyl groups excluding tert-OH is 1. The number of hydrogen-bond acceptors (Lipinski definition) is 2. The normalized spacial score (nSPS) is 13.2. The molecule has 0 aliphatic carbocycles. The van der Waals surface area contributed by atoms with E-state index in [4.69, 9.17) is 5.11 Å². The van der Waals surface area contributed by atoms with E-state index >= 15 is 0 Å². The van der Waals surface area contributed by atoms with Gasteiger partial charge in [0.25, 0.3) is 0 Å². The Labute approximate surface area is 82.7 Å². The van der Waals surface area contributed by atoms with Gasteiger partial charge in [-0.25, -0.2) is 0 Å². The molecule has 0 aromatic heterocycles. The first kappa shape index (κ1) is 12.9. The van der Waals surface area contributed by atoms with E-state index in [-0.39, 0.29) is 0 Å². The van der Waals surface area contributed by atoms with Crippen LogP contribution in [0.5, 0.6) is 0 Å². The van der Waals surface area contributed by atoms with Crippen molar-refractivity contribution in [3.05, 3.63) is 0 Å². The van der Waals surface area contributed by atoms with Gasteiger partial charge in [-0.3, -0.25) is 0 Å². The summed E-state index contributed by atoms with van der Waals surface area (Å²) in [6, 6.07) is 0. The zero-order valence-electron chi connectivity index (χ0n) is 9.18. The molecule has 0 spiro atoms. The van der Waals surface area contributed by atoms with E-state index in [1.165, 1.54) is 25.7 Å². The minimum absolute atomic E-state index is 0.348. The quantitative estimate of drug-likeness (QED) is 0.542. The van der Waals surface area contributed by atoms with E-state index in [2.05, 4.69) is 19.2 Å². The highest BCUT2D eigenvalue weighted by Crippen LogP contribution is 1.99. The van der Waals surface area contributed by atoms with Crippen LogP contribution < -0.4 is 5.32 Å². The third-order valence-electron chi connectivity index (χ3n) is 2.45. The van der Waals surface area contributed by atoms with Crippen LogP contribution in [0.1, 0.15) is 46.0 Å². The van der Waals surface area contributed by atoms with Gasteiger partial charge >= 0.3 is 0 Å². The van der Waals surface area contributed by atoms with Crippen molar-refractivity contribution in [1.29, 1.82) is 0 Å². The molecular weight excluding hydrogens is 162 g/mol. The van der Waals surface area contributed by atoms with Gasteiger partial charge in [0.05, 0.1) is 0 Å². The van der Waals surface area contributed by atoms with E-state index in [9.17, 15) is 0 Å². The van der Waals surface area contributed by atoms with Crippen molar-refractivity contribution < 1.29 is 5.11 Å². The third kappa shape index (κ3) is 9.84. The Morgan fingerprint density at radius 1 is 1.15 bits per heavy atom. The molecule has 0 radical (unpaired) electrons. The summed E-state index contributed by atoms with van der Waals surface area (Å²) in [4.78, 5) is 0. The zero-order chi connectivity index (χ0) is 9.94. The zero-order valence-corrected chi connectivity index (χ0v) is 9.18. The predicted molar refractivity (Wildman–Crippen MR) is 57.9 cm³/mol. The van der Waals surface area contributed by atoms with Gasteiger partial charge in [-0.15, -0.1) is 0 Å². The lowest BCUT2D eigenvalue weighted by Crippen LogP contribution is -2.21. The van der Waals surface area contributed by atoms with Crippen LogP contribution in [-0.2, 0) is 0 Å². The highest BCUT2D eigenvalue weighted by Gasteiger charge is 1.96. The monoisotopic (exact) mass is 187 g/mol. The standard InChI is InChI=1S/C11H25NO/c1-3-11(2)10-12-8-6-4-5-7-9-13/h11-13H,3-10H2,1-2H3. The molecule has 0 aliphatic rings. The van der Waals surface area contributed by atoms with Gasteiger partial charge in [-0.05, 0) is 31.8 Å². The Hall–Kier alpha value is -0.0800. The van der Waals surface area contributed by atoms with Crippen molar-refractivity contribution in [3.8, 4) is 0 Å². The van der Waals surface area contributed by atoms with Crippen LogP contribution in [0.3, 0.4) is 0 Å². The van der Waals surface area contributed by atoms with Gasteiger partial charge in [-0.2, -0.15) is 0 Å². The van der Waals surface area contributed by atoms with E-state index in [0.717, 1.165) is 25.4 Å². The molecule has 0 aliphatic heterocycles. The molecule has 0 aromatic rings. The molecule has 2 heteroatoms. The fraction of sp³-hybridized carbons (Fsp3) is 1.00. The van der Waals surface area contributed by atoms with Crippen molar-refractivity contribution in [2.45, 2.75) is 46.0 Å². The molecule has 0 rings (SSSR count). The number of unbranched alkanes of at least 4 members (excludes halogenated alkanes) is 3. The molecule has 2 nitrogen and oxygen atoms in total. The topological polar surface area (TPSA) is 32.3 Å². The summed E-state index contributed by atoms with van der Waals surface area (Å²) in [5, 5.41) is 12.0. The van der Waals surface area contributed by atoms with E-state index in [1.54, 1.807) is 0 Å². The fourth-order valence-electron chi connectivity index (χ4n) is 1.21. The van der Waals surface area contributed by atoms with Gasteiger partial charge in [0.2, 0.25) is 0 Å². The molecule has 0 aromatic carbocycles. The van der Waals surface area contributed by atoms with Gasteiger partial charge in [0, 0.05) is 6.61 Å². The minimum atomic E-state index is 0.348. The van der Waals surface area contributed by atoms with Crippen LogP contribution >= 0.6 is 0 Å². The summed E-state index contributed by atoms with van der Waals surface area (Å²) in [5.74, 6) is 0.803. The van der Waals surface area contributed by atoms with Crippen LogP contribution in [0.2, 0.25) is 0 Å². The van der Waals surface area contributed by atoms with Crippen molar-refractivity contribution in [2.75, 3.05) is 19.7 Å². The average molecular weight is 187 g/mol. The predicted octanol–water partition coefficient (Wildman–Crippen LogP) is 2.17. The van der Waals surface area contributed by atoms with Crippen molar-refractivity contribution >= 4 is 0 Å². The smallest absolute Gasteiger partial charge is 0.0431 e. The number of nitrogens with one attached hydrogen (secondary N) is 1. The number of hydrogen-bond donors (Lipinski definition) is 2. The lowest BCUT2D eigenvalue weighted by atomic mass is 10.1. The first-order valence-corrected chi connectivity index (χ1v) is 5.62. The molecule has 80 valence electrons. The summed E-state index contributed by atoms with van der Waals surface area (Å²) >= 11 is 0. The molecule has 0 amide bonds. The molecule has 2 N–H and O–H groups in total. The van der Waals surface area contributed by atoms with Gasteiger partial charge < -0.3 is 10.4 Å². The van der Waals surface area contributed by atoms with Gasteiger partial charge in [0.1, 0.15) is 0 Å². The largest absolute Gasteiger partial charge is 0.396 e. The Bertz CT molecular complexity index is 96.1. The Kier molecular flexibility index (Phi) is 9.94. The molecule has 1 atom stereocenters. The lowest BCUT2D eigenvalue weighted by molar-refractivity contribution is 0.282. The fourth-order valence-corrected chi connectivity index (χ4v) is 1.21. The van der Waals surface area contributed by atoms with Crippen LogP contribution in [-0.4, -0.2) is 24.8 Å². The summed E-state index contributed by atoms with van der Waals surface area (Å²) in [6.45, 7) is 7.14. The van der Waals surface area contributed by atoms with E-state index < -0.39 is 0 Å². The number of aliphatic hydroxyl groups is 1. The molecule has 0 saturated carbocycles. The van der Waals surface area contributed by atoms with Crippen LogP contribution in [0, 0.1) is 5.92 Å². The lowest BCUT2D eigenvalue weighted by Gasteiger charge is -2.09. The first-order chi connectivity index (χ1) is 6.31. The summed E-state index contributed by atoms with van der Waals surface area (Å²) in [5.41, 5.74) is 0. The Balaban J connectivity index is 2.91. The summed E-state index contributed by atoms with van der Waals surface area (Å²) in [6.07, 6.45) is 5.88. The molecule has 0 heterocycles. The molecule has 0 fully saturated rings. The second-order valence-corrected chi connectivity index (χ2v) is 3.86. The molecule has 13 heavy (non-hydrogen) atoms. The second kappa shape index (κ2) is 10.0. The molecule has 1 unspecified atom stereocenters. The van der Waals surface area contributed by atoms with Gasteiger partial charge in [0.15, 0.2) is 0 Å². The maximum atomic E-state index is 8.56. The average Bonchev–Trinajstić information content (AvgIpc) is 2.16. The Morgan fingerprint density at radius 2 is 1.85 bits per heavy atom. The van der Waals surface area contributed by atoms with Crippen molar-refractivity contribution in [3.63, 3.8) is 0 Å². The Morgan fingerprint density at radius 3 is 2.46 bits per heavy atom. The second-order valence-electron chi connectivity index (χ2n) is 3.86. The highest BCUT2D eigenvalue weighted by molar-refractivity contribution is 4.54. The summed E-state index contributed by atoms with van der Waals surface area (Å²) < 4.78 is 0. The van der Waals surface area contributed by atoms with Gasteiger partial charge in [-0.1, -0.05) is 33.1 Å². The van der Waals surface area contributed by atoms with Crippen LogP contribution in [0.25, 0.3) is 0 Å².